The number of hydrogen-bond donors (Lipinski definition) is 1. The molecule has 26 heavy (non-hydrogen) atoms. The lowest BCUT2D eigenvalue weighted by atomic mass is 10.0. The van der Waals surface area contributed by atoms with Crippen molar-refractivity contribution >= 4 is 28.0 Å². The molecule has 0 fully saturated rings. The van der Waals surface area contributed by atoms with Gasteiger partial charge in [-0.05, 0) is 52.9 Å². The first kappa shape index (κ1) is 16.5. The first-order chi connectivity index (χ1) is 12.7. The smallest absolute Gasteiger partial charge is 0.253 e. The number of fused-ring (bicyclic) bond motifs is 1. The number of carbonyl (C=O) groups is 1. The summed E-state index contributed by atoms with van der Waals surface area (Å²) in [7, 11) is 0. The van der Waals surface area contributed by atoms with Crippen LogP contribution in [-0.4, -0.2) is 10.9 Å². The van der Waals surface area contributed by atoms with E-state index in [1.165, 1.54) is 10.8 Å². The van der Waals surface area contributed by atoms with Crippen LogP contribution in [0.2, 0.25) is 0 Å². The van der Waals surface area contributed by atoms with E-state index in [1.54, 1.807) is 17.5 Å². The summed E-state index contributed by atoms with van der Waals surface area (Å²) < 4.78 is 0. The minimum atomic E-state index is -0.115. The molecule has 4 heteroatoms. The standard InChI is InChI=1S/C22H18N2OS/c1-15(17-9-8-16-5-2-3-6-18(16)13-17)24-22(25)19-10-11-20(23-14-19)21-7-4-12-26-21/h2-15H,1H3,(H,24,25). The molecule has 1 amide bonds. The number of benzene rings is 2. The molecule has 0 radical (unpaired) electrons. The molecule has 0 aliphatic carbocycles. The molecular weight excluding hydrogens is 340 g/mol. The molecule has 2 aromatic carbocycles. The second-order valence-corrected chi connectivity index (χ2v) is 7.16. The van der Waals surface area contributed by atoms with Gasteiger partial charge in [-0.2, -0.15) is 0 Å². The highest BCUT2D eigenvalue weighted by Gasteiger charge is 2.12. The first-order valence-corrected chi connectivity index (χ1v) is 9.38. The Bertz CT molecular complexity index is 1040. The lowest BCUT2D eigenvalue weighted by molar-refractivity contribution is 0.0939. The van der Waals surface area contributed by atoms with Gasteiger partial charge in [0.1, 0.15) is 0 Å². The first-order valence-electron chi connectivity index (χ1n) is 8.50. The van der Waals surface area contributed by atoms with Crippen molar-refractivity contribution in [3.63, 3.8) is 0 Å². The van der Waals surface area contributed by atoms with Crippen LogP contribution in [0.25, 0.3) is 21.3 Å². The molecule has 0 spiro atoms. The molecule has 0 aliphatic rings. The predicted octanol–water partition coefficient (Wildman–Crippen LogP) is 5.45. The maximum Gasteiger partial charge on any atom is 0.253 e. The zero-order valence-corrected chi connectivity index (χ0v) is 15.2. The van der Waals surface area contributed by atoms with Gasteiger partial charge in [0.05, 0.1) is 22.2 Å². The zero-order valence-electron chi connectivity index (χ0n) is 14.3. The van der Waals surface area contributed by atoms with E-state index in [0.29, 0.717) is 5.56 Å². The van der Waals surface area contributed by atoms with E-state index in [1.807, 2.05) is 48.7 Å². The SMILES string of the molecule is CC(NC(=O)c1ccc(-c2cccs2)nc1)c1ccc2ccccc2c1. The molecule has 4 aromatic rings. The summed E-state index contributed by atoms with van der Waals surface area (Å²) in [6.45, 7) is 2.00. The van der Waals surface area contributed by atoms with Crippen molar-refractivity contribution in [1.29, 1.82) is 0 Å². The van der Waals surface area contributed by atoms with Crippen LogP contribution < -0.4 is 5.32 Å². The van der Waals surface area contributed by atoms with Gasteiger partial charge in [-0.3, -0.25) is 9.78 Å². The number of pyridine rings is 1. The van der Waals surface area contributed by atoms with E-state index >= 15 is 0 Å². The van der Waals surface area contributed by atoms with E-state index in [2.05, 4.69) is 40.6 Å². The van der Waals surface area contributed by atoms with Gasteiger partial charge in [0.2, 0.25) is 0 Å². The number of nitrogens with one attached hydrogen (secondary N) is 1. The van der Waals surface area contributed by atoms with Crippen molar-refractivity contribution in [2.24, 2.45) is 0 Å². The Morgan fingerprint density at radius 1 is 1.00 bits per heavy atom. The van der Waals surface area contributed by atoms with Gasteiger partial charge in [-0.1, -0.05) is 42.5 Å². The molecule has 0 bridgehead atoms. The van der Waals surface area contributed by atoms with Crippen LogP contribution in [0.15, 0.2) is 78.3 Å². The minimum Gasteiger partial charge on any atom is -0.345 e. The predicted molar refractivity (Wildman–Crippen MR) is 107 cm³/mol. The summed E-state index contributed by atoms with van der Waals surface area (Å²) in [4.78, 5) is 18.1. The molecule has 2 aromatic heterocycles. The van der Waals surface area contributed by atoms with E-state index in [0.717, 1.165) is 16.1 Å². The maximum atomic E-state index is 12.5. The number of aromatic nitrogens is 1. The van der Waals surface area contributed by atoms with E-state index < -0.39 is 0 Å². The highest BCUT2D eigenvalue weighted by molar-refractivity contribution is 7.13. The molecule has 0 aliphatic heterocycles. The summed E-state index contributed by atoms with van der Waals surface area (Å²) in [6.07, 6.45) is 1.64. The third-order valence-electron chi connectivity index (χ3n) is 4.42. The van der Waals surface area contributed by atoms with E-state index in [4.69, 9.17) is 0 Å². The highest BCUT2D eigenvalue weighted by Crippen LogP contribution is 2.23. The van der Waals surface area contributed by atoms with Crippen LogP contribution in [0, 0.1) is 0 Å². The van der Waals surface area contributed by atoms with Gasteiger partial charge >= 0.3 is 0 Å². The Morgan fingerprint density at radius 3 is 2.58 bits per heavy atom. The van der Waals surface area contributed by atoms with Gasteiger partial charge in [0.15, 0.2) is 0 Å². The van der Waals surface area contributed by atoms with Crippen molar-refractivity contribution in [1.82, 2.24) is 10.3 Å². The van der Waals surface area contributed by atoms with Crippen molar-refractivity contribution in [3.05, 3.63) is 89.4 Å². The Morgan fingerprint density at radius 2 is 1.85 bits per heavy atom. The topological polar surface area (TPSA) is 42.0 Å². The van der Waals surface area contributed by atoms with Crippen LogP contribution >= 0.6 is 11.3 Å². The molecule has 0 saturated carbocycles. The normalized spacial score (nSPS) is 12.0. The molecule has 0 saturated heterocycles. The lowest BCUT2D eigenvalue weighted by Crippen LogP contribution is -2.26. The molecule has 128 valence electrons. The quantitative estimate of drug-likeness (QED) is 0.527. The lowest BCUT2D eigenvalue weighted by Gasteiger charge is -2.15. The number of rotatable bonds is 4. The number of nitrogens with zero attached hydrogens (tertiary/aromatic N) is 1. The van der Waals surface area contributed by atoms with Crippen molar-refractivity contribution < 1.29 is 4.79 Å². The number of hydrogen-bond acceptors (Lipinski definition) is 3. The second-order valence-electron chi connectivity index (χ2n) is 6.21. The van der Waals surface area contributed by atoms with Crippen LogP contribution in [0.1, 0.15) is 28.9 Å². The minimum absolute atomic E-state index is 0.0796. The third kappa shape index (κ3) is 3.37. The fraction of sp³-hybridized carbons (Fsp3) is 0.0909. The number of carbonyl (C=O) groups excluding carboxylic acids is 1. The molecule has 2 heterocycles. The summed E-state index contributed by atoms with van der Waals surface area (Å²) in [5, 5.41) is 7.44. The van der Waals surface area contributed by atoms with Gasteiger partial charge < -0.3 is 5.32 Å². The van der Waals surface area contributed by atoms with Crippen molar-refractivity contribution in [2.45, 2.75) is 13.0 Å². The summed E-state index contributed by atoms with van der Waals surface area (Å²) in [5.41, 5.74) is 2.54. The number of amides is 1. The van der Waals surface area contributed by atoms with Gasteiger partial charge in [0, 0.05) is 6.20 Å². The molecular formula is C22H18N2OS. The summed E-state index contributed by atoms with van der Waals surface area (Å²) in [5.74, 6) is -0.115. The maximum absolute atomic E-state index is 12.5. The van der Waals surface area contributed by atoms with Crippen LogP contribution in [0.3, 0.4) is 0 Å². The van der Waals surface area contributed by atoms with E-state index in [-0.39, 0.29) is 11.9 Å². The Balaban J connectivity index is 1.49. The Hall–Kier alpha value is -2.98. The Labute approximate surface area is 156 Å². The van der Waals surface area contributed by atoms with Crippen LogP contribution in [0.4, 0.5) is 0 Å². The number of thiophene rings is 1. The Kier molecular flexibility index (Phi) is 4.50. The second kappa shape index (κ2) is 7.10. The van der Waals surface area contributed by atoms with Gasteiger partial charge in [-0.25, -0.2) is 0 Å². The average molecular weight is 358 g/mol. The van der Waals surface area contributed by atoms with Gasteiger partial charge in [0.25, 0.3) is 5.91 Å². The molecule has 1 atom stereocenters. The monoisotopic (exact) mass is 358 g/mol. The summed E-state index contributed by atoms with van der Waals surface area (Å²) >= 11 is 1.64. The van der Waals surface area contributed by atoms with Gasteiger partial charge in [-0.15, -0.1) is 11.3 Å². The summed E-state index contributed by atoms with van der Waals surface area (Å²) in [6, 6.07) is 22.1. The average Bonchev–Trinajstić information content (AvgIpc) is 3.22. The molecule has 3 nitrogen and oxygen atoms in total. The van der Waals surface area contributed by atoms with Crippen LogP contribution in [-0.2, 0) is 0 Å². The largest absolute Gasteiger partial charge is 0.345 e. The molecule has 1 N–H and O–H groups in total. The molecule has 1 unspecified atom stereocenters. The van der Waals surface area contributed by atoms with Crippen LogP contribution in [0.5, 0.6) is 0 Å². The van der Waals surface area contributed by atoms with Crippen molar-refractivity contribution in [2.75, 3.05) is 0 Å². The third-order valence-corrected chi connectivity index (χ3v) is 5.31. The van der Waals surface area contributed by atoms with E-state index in [9.17, 15) is 4.79 Å². The fourth-order valence-electron chi connectivity index (χ4n) is 2.94. The zero-order chi connectivity index (χ0) is 17.9. The van der Waals surface area contributed by atoms with Crippen molar-refractivity contribution in [3.8, 4) is 10.6 Å². The highest BCUT2D eigenvalue weighted by atomic mass is 32.1. The molecule has 4 rings (SSSR count). The fourth-order valence-corrected chi connectivity index (χ4v) is 3.64.